The third kappa shape index (κ3) is 6.33. The van der Waals surface area contributed by atoms with Crippen LogP contribution in [0.1, 0.15) is 41.8 Å². The second kappa shape index (κ2) is 12.1. The fraction of sp³-hybridized carbons (Fsp3) is 0.375. The number of hydrogen-bond donors (Lipinski definition) is 2. The number of rotatable bonds is 5. The largest absolute Gasteiger partial charge is 0.370 e. The molecule has 2 aliphatic rings. The highest BCUT2D eigenvalue weighted by Crippen LogP contribution is 2.34. The minimum atomic E-state index is -0.373. The van der Waals surface area contributed by atoms with E-state index in [1.54, 1.807) is 30.5 Å². The van der Waals surface area contributed by atoms with E-state index in [2.05, 4.69) is 20.6 Å². The molecule has 0 aromatic carbocycles. The van der Waals surface area contributed by atoms with Crippen molar-refractivity contribution in [3.05, 3.63) is 46.6 Å². The maximum atomic E-state index is 12.4. The first-order valence-corrected chi connectivity index (χ1v) is 12.6. The number of aromatic nitrogens is 2. The molecule has 4 heterocycles. The highest BCUT2D eigenvalue weighted by Gasteiger charge is 2.27. The Morgan fingerprint density at radius 2 is 2.03 bits per heavy atom. The van der Waals surface area contributed by atoms with E-state index in [0.717, 1.165) is 13.2 Å². The predicted octanol–water partition coefficient (Wildman–Crippen LogP) is 4.34. The first kappa shape index (κ1) is 25.0. The summed E-state index contributed by atoms with van der Waals surface area (Å²) in [5.74, 6) is 0.192. The van der Waals surface area contributed by atoms with Gasteiger partial charge < -0.3 is 20.3 Å². The Hall–Kier alpha value is -3.08. The van der Waals surface area contributed by atoms with Crippen LogP contribution in [-0.2, 0) is 14.3 Å². The van der Waals surface area contributed by atoms with Gasteiger partial charge in [-0.3, -0.25) is 14.4 Å². The van der Waals surface area contributed by atoms with Gasteiger partial charge in [0.05, 0.1) is 17.3 Å². The molecule has 5 rings (SSSR count). The number of carbonyl (C=O) groups excluding carboxylic acids is 3. The molecular formula is C24H26ClN5O4S. The van der Waals surface area contributed by atoms with Crippen LogP contribution < -0.4 is 10.6 Å². The summed E-state index contributed by atoms with van der Waals surface area (Å²) in [5, 5.41) is 6.42. The van der Waals surface area contributed by atoms with Gasteiger partial charge in [-0.15, -0.1) is 11.3 Å². The van der Waals surface area contributed by atoms with Gasteiger partial charge in [0.1, 0.15) is 22.1 Å². The van der Waals surface area contributed by atoms with Crippen LogP contribution in [0.2, 0.25) is 5.02 Å². The zero-order valence-corrected chi connectivity index (χ0v) is 20.6. The van der Waals surface area contributed by atoms with Gasteiger partial charge in [-0.2, -0.15) is 0 Å². The number of nitrogens with one attached hydrogen (secondary N) is 2. The third-order valence-corrected chi connectivity index (χ3v) is 7.22. The lowest BCUT2D eigenvalue weighted by molar-refractivity contribution is -0.146. The van der Waals surface area contributed by atoms with Crippen LogP contribution in [0.15, 0.2) is 36.7 Å². The third-order valence-electron chi connectivity index (χ3n) is 5.88. The Balaban J connectivity index is 0.000000189. The topological polar surface area (TPSA) is 114 Å². The van der Waals surface area contributed by atoms with Crippen molar-refractivity contribution in [3.63, 3.8) is 0 Å². The van der Waals surface area contributed by atoms with E-state index in [-0.39, 0.29) is 11.8 Å². The van der Waals surface area contributed by atoms with Gasteiger partial charge in [0.15, 0.2) is 0 Å². The van der Waals surface area contributed by atoms with Crippen LogP contribution in [-0.4, -0.2) is 58.9 Å². The quantitative estimate of drug-likeness (QED) is 0.488. The number of amides is 3. The molecule has 0 radical (unpaired) electrons. The van der Waals surface area contributed by atoms with Crippen LogP contribution in [0.5, 0.6) is 0 Å². The number of morpholine rings is 1. The number of pyridine rings is 2. The van der Waals surface area contributed by atoms with E-state index >= 15 is 0 Å². The summed E-state index contributed by atoms with van der Waals surface area (Å²) in [6.07, 6.45) is 9.92. The fourth-order valence-electron chi connectivity index (χ4n) is 4.23. The van der Waals surface area contributed by atoms with Crippen LogP contribution in [0.25, 0.3) is 10.2 Å². The monoisotopic (exact) mass is 515 g/mol. The van der Waals surface area contributed by atoms with Crippen molar-refractivity contribution in [1.29, 1.82) is 0 Å². The number of hydrogen-bond acceptors (Lipinski definition) is 7. The van der Waals surface area contributed by atoms with Crippen LogP contribution in [0, 0.1) is 0 Å². The lowest BCUT2D eigenvalue weighted by Gasteiger charge is -2.36. The second-order valence-electron chi connectivity index (χ2n) is 8.17. The Morgan fingerprint density at radius 3 is 2.74 bits per heavy atom. The Kier molecular flexibility index (Phi) is 8.62. The van der Waals surface area contributed by atoms with Gasteiger partial charge in [-0.05, 0) is 37.1 Å². The molecule has 2 N–H and O–H groups in total. The van der Waals surface area contributed by atoms with Gasteiger partial charge in [-0.25, -0.2) is 9.97 Å². The second-order valence-corrected chi connectivity index (χ2v) is 9.61. The molecule has 9 nitrogen and oxygen atoms in total. The molecule has 1 saturated carbocycles. The predicted molar refractivity (Wildman–Crippen MR) is 136 cm³/mol. The van der Waals surface area contributed by atoms with Crippen LogP contribution >= 0.6 is 22.9 Å². The average Bonchev–Trinajstić information content (AvgIpc) is 3.26. The number of ether oxygens (including phenoxy) is 1. The average molecular weight is 516 g/mol. The fourth-order valence-corrected chi connectivity index (χ4v) is 5.34. The maximum Gasteiger partial charge on any atom is 0.269 e. The Bertz CT molecular complexity index is 1180. The lowest BCUT2D eigenvalue weighted by Crippen LogP contribution is -2.48. The summed E-state index contributed by atoms with van der Waals surface area (Å²) in [6, 6.07) is 7.28. The van der Waals surface area contributed by atoms with E-state index in [4.69, 9.17) is 16.3 Å². The maximum absolute atomic E-state index is 12.4. The zero-order valence-electron chi connectivity index (χ0n) is 19.0. The van der Waals surface area contributed by atoms with Crippen LogP contribution in [0.3, 0.4) is 0 Å². The normalized spacial score (nSPS) is 16.4. The number of halogens is 1. The van der Waals surface area contributed by atoms with Gasteiger partial charge in [0.2, 0.25) is 12.3 Å². The lowest BCUT2D eigenvalue weighted by atomic mass is 9.94. The first-order valence-electron chi connectivity index (χ1n) is 11.4. The summed E-state index contributed by atoms with van der Waals surface area (Å²) < 4.78 is 5.11. The number of carbonyl (C=O) groups is 3. The van der Waals surface area contributed by atoms with Gasteiger partial charge in [0.25, 0.3) is 5.91 Å². The molecule has 1 aliphatic heterocycles. The molecule has 3 aromatic rings. The van der Waals surface area contributed by atoms with Crippen molar-refractivity contribution in [2.45, 2.75) is 38.1 Å². The molecular weight excluding hydrogens is 490 g/mol. The van der Waals surface area contributed by atoms with Crippen molar-refractivity contribution in [1.82, 2.24) is 14.9 Å². The number of thiophene rings is 1. The molecule has 184 valence electrons. The number of nitrogens with zero attached hydrogens (tertiary/aromatic N) is 3. The molecule has 1 aliphatic carbocycles. The van der Waals surface area contributed by atoms with Crippen molar-refractivity contribution >= 4 is 62.9 Å². The summed E-state index contributed by atoms with van der Waals surface area (Å²) in [7, 11) is 0. The van der Waals surface area contributed by atoms with E-state index in [1.807, 2.05) is 4.90 Å². The van der Waals surface area contributed by atoms with E-state index in [1.165, 1.54) is 49.6 Å². The zero-order chi connectivity index (χ0) is 24.6. The molecule has 2 fully saturated rings. The highest BCUT2D eigenvalue weighted by atomic mass is 35.5. The van der Waals surface area contributed by atoms with Crippen LogP contribution in [0.4, 0.5) is 11.5 Å². The Labute approximate surface area is 211 Å². The van der Waals surface area contributed by atoms with E-state index in [9.17, 15) is 14.4 Å². The molecule has 35 heavy (non-hydrogen) atoms. The SMILES string of the molecule is O=C1COCCN1C1CCCCC1.O=CNc1c(C(=O)Nc2ccc(Cl)cn2)sc2ncccc12. The van der Waals surface area contributed by atoms with Crippen molar-refractivity contribution in [2.24, 2.45) is 0 Å². The van der Waals surface area contributed by atoms with Crippen molar-refractivity contribution in [3.8, 4) is 0 Å². The highest BCUT2D eigenvalue weighted by molar-refractivity contribution is 7.21. The smallest absolute Gasteiger partial charge is 0.269 e. The molecule has 1 saturated heterocycles. The van der Waals surface area contributed by atoms with Gasteiger partial charge >= 0.3 is 0 Å². The number of anilines is 2. The molecule has 0 spiro atoms. The van der Waals surface area contributed by atoms with E-state index < -0.39 is 0 Å². The standard InChI is InChI=1S/C14H9ClN4O2S.C10H17NO2/c15-8-3-4-10(17-6-8)19-13(21)12-11(18-7-20)9-2-1-5-16-14(9)22-12;12-10-8-13-7-6-11(10)9-4-2-1-3-5-9/h1-7H,(H,18,20)(H,17,19,21);9H,1-8H2. The molecule has 11 heteroatoms. The summed E-state index contributed by atoms with van der Waals surface area (Å²) in [5.41, 5.74) is 0.439. The summed E-state index contributed by atoms with van der Waals surface area (Å²) in [4.78, 5) is 46.0. The Morgan fingerprint density at radius 1 is 1.20 bits per heavy atom. The minimum Gasteiger partial charge on any atom is -0.370 e. The van der Waals surface area contributed by atoms with Crippen molar-refractivity contribution < 1.29 is 19.1 Å². The summed E-state index contributed by atoms with van der Waals surface area (Å²) >= 11 is 6.95. The van der Waals surface area contributed by atoms with Crippen molar-refractivity contribution in [2.75, 3.05) is 30.4 Å². The number of fused-ring (bicyclic) bond motifs is 1. The molecule has 0 atom stereocenters. The first-order chi connectivity index (χ1) is 17.1. The van der Waals surface area contributed by atoms with Gasteiger partial charge in [0, 0.05) is 30.4 Å². The van der Waals surface area contributed by atoms with E-state index in [0.29, 0.717) is 50.7 Å². The summed E-state index contributed by atoms with van der Waals surface area (Å²) in [6.45, 7) is 1.84. The molecule has 3 aromatic heterocycles. The van der Waals surface area contributed by atoms with Gasteiger partial charge in [-0.1, -0.05) is 30.9 Å². The molecule has 3 amide bonds. The molecule has 0 unspecified atom stereocenters. The minimum absolute atomic E-state index is 0.193. The molecule has 0 bridgehead atoms.